The molecule has 2 heterocycles. The van der Waals surface area contributed by atoms with Crippen molar-refractivity contribution in [2.75, 3.05) is 18.5 Å². The highest BCUT2D eigenvalue weighted by Crippen LogP contribution is 2.41. The fourth-order valence-electron chi connectivity index (χ4n) is 4.04. The molecule has 6 nitrogen and oxygen atoms in total. The average molecular weight is 405 g/mol. The fourth-order valence-corrected chi connectivity index (χ4v) is 4.04. The van der Waals surface area contributed by atoms with Crippen molar-refractivity contribution in [3.63, 3.8) is 0 Å². The van der Waals surface area contributed by atoms with E-state index in [-0.39, 0.29) is 12.0 Å². The van der Waals surface area contributed by atoms with Crippen LogP contribution in [0.5, 0.6) is 5.75 Å². The number of esters is 1. The number of nitrogens with zero attached hydrogens (tertiary/aromatic N) is 2. The van der Waals surface area contributed by atoms with E-state index < -0.39 is 0 Å². The van der Waals surface area contributed by atoms with Crippen LogP contribution in [0.15, 0.2) is 59.8 Å². The number of para-hydroxylation sites is 2. The standard InChI is InChI=1S/C24H27N3O3/c1-4-10-19-21(23(28)30-6-3)22(16-11-9-12-17(15-16)29-5-2)27-20-14-8-7-13-18(20)25-24(27)26-19/h7-9,11-15,22H,4-6,10H2,1-3H3,(H,25,26)/t22-/m0/s1. The second-order valence-electron chi connectivity index (χ2n) is 7.19. The Morgan fingerprint density at radius 3 is 2.70 bits per heavy atom. The van der Waals surface area contributed by atoms with E-state index >= 15 is 0 Å². The number of allylic oxidation sites excluding steroid dienone is 1. The molecule has 0 saturated heterocycles. The molecule has 0 amide bonds. The Balaban J connectivity index is 1.97. The third kappa shape index (κ3) is 3.54. The number of carbonyl (C=O) groups is 1. The second kappa shape index (κ2) is 8.61. The maximum absolute atomic E-state index is 13.2. The Morgan fingerprint density at radius 1 is 1.10 bits per heavy atom. The number of nitrogens with one attached hydrogen (secondary N) is 1. The van der Waals surface area contributed by atoms with Crippen molar-refractivity contribution in [2.45, 2.75) is 39.7 Å². The molecule has 4 rings (SSSR count). The van der Waals surface area contributed by atoms with Gasteiger partial charge in [0, 0.05) is 5.70 Å². The fraction of sp³-hybridized carbons (Fsp3) is 0.333. The highest BCUT2D eigenvalue weighted by atomic mass is 16.5. The van der Waals surface area contributed by atoms with Gasteiger partial charge in [0.2, 0.25) is 5.95 Å². The lowest BCUT2D eigenvalue weighted by Crippen LogP contribution is -2.29. The first-order chi connectivity index (χ1) is 14.7. The smallest absolute Gasteiger partial charge is 0.338 e. The summed E-state index contributed by atoms with van der Waals surface area (Å²) in [6.07, 6.45) is 1.64. The average Bonchev–Trinajstić information content (AvgIpc) is 3.11. The number of fused-ring (bicyclic) bond motifs is 3. The summed E-state index contributed by atoms with van der Waals surface area (Å²) < 4.78 is 13.3. The Labute approximate surface area is 176 Å². The van der Waals surface area contributed by atoms with Crippen LogP contribution >= 0.6 is 0 Å². The summed E-state index contributed by atoms with van der Waals surface area (Å²) in [5.74, 6) is 1.21. The van der Waals surface area contributed by atoms with Crippen molar-refractivity contribution in [3.05, 3.63) is 65.4 Å². The van der Waals surface area contributed by atoms with E-state index in [0.29, 0.717) is 18.8 Å². The molecule has 0 aliphatic carbocycles. The first-order valence-electron chi connectivity index (χ1n) is 10.5. The summed E-state index contributed by atoms with van der Waals surface area (Å²) in [6.45, 7) is 6.79. The van der Waals surface area contributed by atoms with E-state index in [1.165, 1.54) is 0 Å². The van der Waals surface area contributed by atoms with Gasteiger partial charge in [0.1, 0.15) is 5.75 Å². The number of aromatic nitrogens is 2. The molecule has 2 aromatic carbocycles. The highest BCUT2D eigenvalue weighted by molar-refractivity contribution is 5.94. The predicted molar refractivity (Wildman–Crippen MR) is 118 cm³/mol. The van der Waals surface area contributed by atoms with Crippen molar-refractivity contribution in [3.8, 4) is 5.75 Å². The molecule has 0 unspecified atom stereocenters. The minimum absolute atomic E-state index is 0.302. The van der Waals surface area contributed by atoms with Crippen LogP contribution in [0.2, 0.25) is 0 Å². The quantitative estimate of drug-likeness (QED) is 0.556. The van der Waals surface area contributed by atoms with Gasteiger partial charge in [0.15, 0.2) is 0 Å². The first-order valence-corrected chi connectivity index (χ1v) is 10.5. The van der Waals surface area contributed by atoms with Crippen LogP contribution in [0, 0.1) is 0 Å². The molecule has 1 aliphatic heterocycles. The summed E-state index contributed by atoms with van der Waals surface area (Å²) in [6, 6.07) is 15.5. The molecule has 1 aromatic heterocycles. The van der Waals surface area contributed by atoms with Crippen molar-refractivity contribution in [1.29, 1.82) is 0 Å². The van der Waals surface area contributed by atoms with Crippen LogP contribution in [-0.2, 0) is 9.53 Å². The molecule has 0 saturated carbocycles. The van der Waals surface area contributed by atoms with Gasteiger partial charge in [0.05, 0.1) is 35.9 Å². The molecular weight excluding hydrogens is 378 g/mol. The number of imidazole rings is 1. The zero-order valence-electron chi connectivity index (χ0n) is 17.6. The number of hydrogen-bond donors (Lipinski definition) is 1. The molecule has 1 aliphatic rings. The van der Waals surface area contributed by atoms with Gasteiger partial charge < -0.3 is 14.8 Å². The van der Waals surface area contributed by atoms with Gasteiger partial charge in [-0.2, -0.15) is 0 Å². The lowest BCUT2D eigenvalue weighted by atomic mass is 9.93. The van der Waals surface area contributed by atoms with E-state index in [1.54, 1.807) is 0 Å². The molecule has 1 atom stereocenters. The minimum atomic E-state index is -0.352. The number of carbonyl (C=O) groups excluding carboxylic acids is 1. The molecule has 30 heavy (non-hydrogen) atoms. The Morgan fingerprint density at radius 2 is 1.93 bits per heavy atom. The van der Waals surface area contributed by atoms with Gasteiger partial charge in [-0.15, -0.1) is 0 Å². The van der Waals surface area contributed by atoms with Crippen LogP contribution in [0.25, 0.3) is 11.0 Å². The van der Waals surface area contributed by atoms with Crippen molar-refractivity contribution >= 4 is 23.0 Å². The third-order valence-corrected chi connectivity index (χ3v) is 5.20. The zero-order valence-corrected chi connectivity index (χ0v) is 17.6. The predicted octanol–water partition coefficient (Wildman–Crippen LogP) is 5.07. The summed E-state index contributed by atoms with van der Waals surface area (Å²) in [5.41, 5.74) is 4.30. The molecular formula is C24H27N3O3. The van der Waals surface area contributed by atoms with Crippen LogP contribution in [-0.4, -0.2) is 28.7 Å². The minimum Gasteiger partial charge on any atom is -0.494 e. The third-order valence-electron chi connectivity index (χ3n) is 5.20. The van der Waals surface area contributed by atoms with Gasteiger partial charge in [-0.3, -0.25) is 4.57 Å². The van der Waals surface area contributed by atoms with E-state index in [9.17, 15) is 4.79 Å². The van der Waals surface area contributed by atoms with Crippen LogP contribution in [0.3, 0.4) is 0 Å². The van der Waals surface area contributed by atoms with Gasteiger partial charge in [-0.05, 0) is 50.1 Å². The van der Waals surface area contributed by atoms with Gasteiger partial charge in [-0.25, -0.2) is 9.78 Å². The molecule has 6 heteroatoms. The first kappa shape index (κ1) is 20.0. The molecule has 0 radical (unpaired) electrons. The van der Waals surface area contributed by atoms with Crippen LogP contribution in [0.4, 0.5) is 5.95 Å². The van der Waals surface area contributed by atoms with E-state index in [1.807, 2.05) is 62.4 Å². The van der Waals surface area contributed by atoms with Crippen molar-refractivity contribution < 1.29 is 14.3 Å². The van der Waals surface area contributed by atoms with E-state index in [2.05, 4.69) is 16.8 Å². The molecule has 0 bridgehead atoms. The molecule has 1 N–H and O–H groups in total. The van der Waals surface area contributed by atoms with Crippen molar-refractivity contribution in [1.82, 2.24) is 9.55 Å². The highest BCUT2D eigenvalue weighted by Gasteiger charge is 2.36. The normalized spacial score (nSPS) is 15.6. The Kier molecular flexibility index (Phi) is 5.74. The number of hydrogen-bond acceptors (Lipinski definition) is 5. The Bertz CT molecular complexity index is 1100. The number of benzene rings is 2. The van der Waals surface area contributed by atoms with E-state index in [4.69, 9.17) is 14.5 Å². The largest absolute Gasteiger partial charge is 0.494 e. The van der Waals surface area contributed by atoms with Gasteiger partial charge in [0.25, 0.3) is 0 Å². The molecule has 156 valence electrons. The summed E-state index contributed by atoms with van der Waals surface area (Å²) in [7, 11) is 0. The molecule has 0 spiro atoms. The van der Waals surface area contributed by atoms with Crippen LogP contribution < -0.4 is 10.1 Å². The maximum Gasteiger partial charge on any atom is 0.338 e. The monoisotopic (exact) mass is 405 g/mol. The lowest BCUT2D eigenvalue weighted by Gasteiger charge is -2.31. The van der Waals surface area contributed by atoms with Crippen LogP contribution in [0.1, 0.15) is 45.2 Å². The SMILES string of the molecule is CCCC1=C(C(=O)OCC)[C@H](c2cccc(OCC)c2)n2c(nc3ccccc32)N1. The summed E-state index contributed by atoms with van der Waals surface area (Å²) >= 11 is 0. The Hall–Kier alpha value is -3.28. The molecule has 0 fully saturated rings. The maximum atomic E-state index is 13.2. The van der Waals surface area contributed by atoms with Gasteiger partial charge in [-0.1, -0.05) is 37.6 Å². The summed E-state index contributed by atoms with van der Waals surface area (Å²) in [4.78, 5) is 18.0. The second-order valence-corrected chi connectivity index (χ2v) is 7.19. The van der Waals surface area contributed by atoms with Crippen molar-refractivity contribution in [2.24, 2.45) is 0 Å². The number of ether oxygens (including phenoxy) is 2. The summed E-state index contributed by atoms with van der Waals surface area (Å²) in [5, 5.41) is 3.42. The topological polar surface area (TPSA) is 65.4 Å². The number of anilines is 1. The lowest BCUT2D eigenvalue weighted by molar-refractivity contribution is -0.139. The van der Waals surface area contributed by atoms with Gasteiger partial charge >= 0.3 is 5.97 Å². The number of rotatable bonds is 7. The zero-order chi connectivity index (χ0) is 21.1. The molecule has 3 aromatic rings. The van der Waals surface area contributed by atoms with E-state index in [0.717, 1.165) is 46.8 Å².